The van der Waals surface area contributed by atoms with Gasteiger partial charge in [0.1, 0.15) is 0 Å². The normalized spacial score (nSPS) is 11.9. The Bertz CT molecular complexity index is 318. The van der Waals surface area contributed by atoms with Gasteiger partial charge in [0, 0.05) is 13.1 Å². The molecule has 0 spiro atoms. The second kappa shape index (κ2) is 21.0. The average Bonchev–Trinajstić information content (AvgIpc) is 2.63. The Kier molecular flexibility index (Phi) is 24.8. The summed E-state index contributed by atoms with van der Waals surface area (Å²) in [6.45, 7) is 11.8. The third kappa shape index (κ3) is 13.9. The van der Waals surface area contributed by atoms with Crippen LogP contribution in [0.25, 0.3) is 0 Å². The predicted molar refractivity (Wildman–Crippen MR) is 132 cm³/mol. The van der Waals surface area contributed by atoms with Gasteiger partial charge in [0.05, 0.1) is 0 Å². The van der Waals surface area contributed by atoms with E-state index in [9.17, 15) is 0 Å². The van der Waals surface area contributed by atoms with Crippen LogP contribution in [-0.4, -0.2) is 24.7 Å². The molecular formula is C21H47Cl2N3S. The van der Waals surface area contributed by atoms with Crippen LogP contribution in [0.5, 0.6) is 0 Å². The lowest BCUT2D eigenvalue weighted by molar-refractivity contribution is 0.141. The van der Waals surface area contributed by atoms with Gasteiger partial charge >= 0.3 is 0 Å². The van der Waals surface area contributed by atoms with Crippen LogP contribution < -0.4 is 16.4 Å². The number of hydrogen-bond donors (Lipinski definition) is 3. The molecule has 166 valence electrons. The van der Waals surface area contributed by atoms with Gasteiger partial charge < -0.3 is 16.4 Å². The summed E-state index contributed by atoms with van der Waals surface area (Å²) in [5.74, 6) is 0.600. The quantitative estimate of drug-likeness (QED) is 0.195. The first-order valence-corrected chi connectivity index (χ1v) is 11.2. The number of rotatable bonds is 16. The molecule has 0 bridgehead atoms. The maximum absolute atomic E-state index is 6.20. The van der Waals surface area contributed by atoms with Gasteiger partial charge in [-0.1, -0.05) is 72.6 Å². The Morgan fingerprint density at radius 3 is 1.93 bits per heavy atom. The summed E-state index contributed by atoms with van der Waals surface area (Å²) in [5.41, 5.74) is 6.45. The van der Waals surface area contributed by atoms with E-state index in [1.54, 1.807) is 0 Å². The molecule has 0 unspecified atom stereocenters. The van der Waals surface area contributed by atoms with E-state index < -0.39 is 0 Å². The molecule has 6 heteroatoms. The van der Waals surface area contributed by atoms with Crippen molar-refractivity contribution in [2.75, 3.05) is 19.6 Å². The summed E-state index contributed by atoms with van der Waals surface area (Å²) < 4.78 is 0. The lowest BCUT2D eigenvalue weighted by atomic mass is 9.69. The van der Waals surface area contributed by atoms with Crippen molar-refractivity contribution in [1.82, 2.24) is 10.6 Å². The average molecular weight is 445 g/mol. The first kappa shape index (κ1) is 31.9. The number of unbranched alkanes of at least 4 members (excludes halogenated alkanes) is 6. The number of hydrogen-bond acceptors (Lipinski definition) is 2. The molecule has 0 saturated carbocycles. The number of halogens is 2. The molecule has 0 aliphatic rings. The van der Waals surface area contributed by atoms with Crippen molar-refractivity contribution in [2.24, 2.45) is 17.1 Å². The zero-order valence-corrected chi connectivity index (χ0v) is 20.7. The van der Waals surface area contributed by atoms with Crippen molar-refractivity contribution in [2.45, 2.75) is 98.3 Å². The molecule has 0 rings (SSSR count). The topological polar surface area (TPSA) is 50.1 Å². The SMILES string of the molecule is CCCCCCCNC(=S)NC[C@@H](CCCCC)C(CC)(CC)CN.Cl.Cl. The minimum atomic E-state index is 0. The van der Waals surface area contributed by atoms with Gasteiger partial charge in [-0.15, -0.1) is 24.8 Å². The molecule has 1 atom stereocenters. The molecule has 0 amide bonds. The van der Waals surface area contributed by atoms with Crippen LogP contribution in [0, 0.1) is 11.3 Å². The highest BCUT2D eigenvalue weighted by Gasteiger charge is 2.33. The first-order valence-electron chi connectivity index (χ1n) is 10.8. The summed E-state index contributed by atoms with van der Waals surface area (Å²) >= 11 is 5.49. The number of nitrogens with one attached hydrogen (secondary N) is 2. The summed E-state index contributed by atoms with van der Waals surface area (Å²) in [5, 5.41) is 7.68. The predicted octanol–water partition coefficient (Wildman–Crippen LogP) is 6.23. The molecule has 3 nitrogen and oxygen atoms in total. The Hall–Kier alpha value is 0.230. The lowest BCUT2D eigenvalue weighted by Crippen LogP contribution is -2.45. The molecule has 27 heavy (non-hydrogen) atoms. The second-order valence-electron chi connectivity index (χ2n) is 7.52. The Labute approximate surface area is 187 Å². The van der Waals surface area contributed by atoms with Crippen LogP contribution in [0.1, 0.15) is 98.3 Å². The fourth-order valence-corrected chi connectivity index (χ4v) is 3.94. The third-order valence-electron chi connectivity index (χ3n) is 5.91. The van der Waals surface area contributed by atoms with Crippen molar-refractivity contribution < 1.29 is 0 Å². The van der Waals surface area contributed by atoms with Gasteiger partial charge in [0.25, 0.3) is 0 Å². The van der Waals surface area contributed by atoms with Crippen LogP contribution >= 0.6 is 37.0 Å². The maximum Gasteiger partial charge on any atom is 0.166 e. The highest BCUT2D eigenvalue weighted by atomic mass is 35.5. The standard InChI is InChI=1S/C21H45N3S.2ClH/c1-5-9-11-12-14-16-23-20(25)24-17-19(15-13-10-6-2)21(7-3,8-4)18-22;;/h19H,5-18,22H2,1-4H3,(H2,23,24,25);2*1H/t19-;;/m1../s1. The van der Waals surface area contributed by atoms with E-state index in [4.69, 9.17) is 18.0 Å². The maximum atomic E-state index is 6.20. The summed E-state index contributed by atoms with van der Waals surface area (Å²) in [7, 11) is 0. The second-order valence-corrected chi connectivity index (χ2v) is 7.93. The van der Waals surface area contributed by atoms with Gasteiger partial charge in [-0.25, -0.2) is 0 Å². The molecule has 0 aliphatic carbocycles. The van der Waals surface area contributed by atoms with Crippen LogP contribution in [-0.2, 0) is 0 Å². The minimum absolute atomic E-state index is 0. The molecule has 0 heterocycles. The molecule has 0 aromatic carbocycles. The van der Waals surface area contributed by atoms with Crippen LogP contribution in [0.3, 0.4) is 0 Å². The van der Waals surface area contributed by atoms with E-state index in [-0.39, 0.29) is 30.2 Å². The van der Waals surface area contributed by atoms with Gasteiger partial charge in [0.15, 0.2) is 5.11 Å². The summed E-state index contributed by atoms with van der Waals surface area (Å²) in [4.78, 5) is 0. The Morgan fingerprint density at radius 1 is 0.852 bits per heavy atom. The molecular weight excluding hydrogens is 397 g/mol. The molecule has 0 saturated heterocycles. The zero-order valence-electron chi connectivity index (χ0n) is 18.3. The molecule has 0 aromatic heterocycles. The van der Waals surface area contributed by atoms with Crippen molar-refractivity contribution in [3.8, 4) is 0 Å². The van der Waals surface area contributed by atoms with Crippen LogP contribution in [0.15, 0.2) is 0 Å². The smallest absolute Gasteiger partial charge is 0.166 e. The molecule has 0 radical (unpaired) electrons. The van der Waals surface area contributed by atoms with E-state index in [2.05, 4.69) is 38.3 Å². The monoisotopic (exact) mass is 443 g/mol. The van der Waals surface area contributed by atoms with Crippen molar-refractivity contribution in [1.29, 1.82) is 0 Å². The minimum Gasteiger partial charge on any atom is -0.363 e. The van der Waals surface area contributed by atoms with Gasteiger partial charge in [-0.05, 0) is 55.8 Å². The Balaban J connectivity index is -0.00000288. The van der Waals surface area contributed by atoms with E-state index in [0.717, 1.165) is 37.6 Å². The van der Waals surface area contributed by atoms with Crippen molar-refractivity contribution in [3.63, 3.8) is 0 Å². The van der Waals surface area contributed by atoms with Crippen LogP contribution in [0.2, 0.25) is 0 Å². The first-order chi connectivity index (χ1) is 12.1. The van der Waals surface area contributed by atoms with Gasteiger partial charge in [-0.3, -0.25) is 0 Å². The Morgan fingerprint density at radius 2 is 1.41 bits per heavy atom. The molecule has 0 aliphatic heterocycles. The fourth-order valence-electron chi connectivity index (χ4n) is 3.76. The largest absolute Gasteiger partial charge is 0.363 e. The zero-order chi connectivity index (χ0) is 19.0. The molecule has 4 N–H and O–H groups in total. The molecule has 0 aromatic rings. The van der Waals surface area contributed by atoms with E-state index in [0.29, 0.717) is 5.92 Å². The fraction of sp³-hybridized carbons (Fsp3) is 0.952. The third-order valence-corrected chi connectivity index (χ3v) is 6.20. The van der Waals surface area contributed by atoms with Crippen molar-refractivity contribution >= 4 is 42.1 Å². The van der Waals surface area contributed by atoms with Gasteiger partial charge in [-0.2, -0.15) is 0 Å². The van der Waals surface area contributed by atoms with E-state index in [1.165, 1.54) is 57.8 Å². The molecule has 0 fully saturated rings. The highest BCUT2D eigenvalue weighted by molar-refractivity contribution is 7.80. The van der Waals surface area contributed by atoms with E-state index in [1.807, 2.05) is 0 Å². The van der Waals surface area contributed by atoms with Crippen molar-refractivity contribution in [3.05, 3.63) is 0 Å². The van der Waals surface area contributed by atoms with Crippen LogP contribution in [0.4, 0.5) is 0 Å². The summed E-state index contributed by atoms with van der Waals surface area (Å²) in [6.07, 6.45) is 13.9. The summed E-state index contributed by atoms with van der Waals surface area (Å²) in [6, 6.07) is 0. The number of thiocarbonyl (C=S) groups is 1. The lowest BCUT2D eigenvalue weighted by Gasteiger charge is -2.39. The van der Waals surface area contributed by atoms with E-state index >= 15 is 0 Å². The highest BCUT2D eigenvalue weighted by Crippen LogP contribution is 2.37. The number of nitrogens with two attached hydrogens (primary N) is 1. The van der Waals surface area contributed by atoms with Gasteiger partial charge in [0.2, 0.25) is 0 Å².